The van der Waals surface area contributed by atoms with Crippen molar-refractivity contribution in [2.24, 2.45) is 4.99 Å². The van der Waals surface area contributed by atoms with Gasteiger partial charge in [-0.2, -0.15) is 0 Å². The zero-order valence-electron chi connectivity index (χ0n) is 15.7. The van der Waals surface area contributed by atoms with Crippen LogP contribution in [0.2, 0.25) is 0 Å². The van der Waals surface area contributed by atoms with Gasteiger partial charge >= 0.3 is 0 Å². The lowest BCUT2D eigenvalue weighted by molar-refractivity contribution is 0.188. The molecule has 1 fully saturated rings. The summed E-state index contributed by atoms with van der Waals surface area (Å²) in [6, 6.07) is 18.2. The lowest BCUT2D eigenvalue weighted by Crippen LogP contribution is -2.40. The molecule has 0 spiro atoms. The standard InChI is InChI=1S/C21H27N3O2.HI/c1-2-22-21(24-13-12-19(25)15-24)23-14-18-10-6-7-11-20(18)26-16-17-8-4-3-5-9-17;/h3-11,19,25H,2,12-16H2,1H3,(H,22,23);1H/t19-;/m1./s1. The van der Waals surface area contributed by atoms with E-state index in [9.17, 15) is 5.11 Å². The van der Waals surface area contributed by atoms with E-state index < -0.39 is 0 Å². The quantitative estimate of drug-likeness (QED) is 0.377. The van der Waals surface area contributed by atoms with Gasteiger partial charge in [-0.3, -0.25) is 0 Å². The van der Waals surface area contributed by atoms with E-state index in [2.05, 4.69) is 29.3 Å². The summed E-state index contributed by atoms with van der Waals surface area (Å²) in [7, 11) is 0. The fraction of sp³-hybridized carbons (Fsp3) is 0.381. The maximum absolute atomic E-state index is 9.78. The van der Waals surface area contributed by atoms with Gasteiger partial charge in [0.25, 0.3) is 0 Å². The first-order valence-corrected chi connectivity index (χ1v) is 9.22. The number of β-amino-alcohol motifs (C(OH)–C–C–N with tert-alkyl or cyclic N) is 1. The van der Waals surface area contributed by atoms with Crippen molar-refractivity contribution >= 4 is 29.9 Å². The number of nitrogens with one attached hydrogen (secondary N) is 1. The number of guanidine groups is 1. The molecule has 27 heavy (non-hydrogen) atoms. The molecule has 5 nitrogen and oxygen atoms in total. The third-order valence-electron chi connectivity index (χ3n) is 4.41. The molecule has 0 radical (unpaired) electrons. The van der Waals surface area contributed by atoms with Gasteiger partial charge in [-0.15, -0.1) is 24.0 Å². The van der Waals surface area contributed by atoms with Gasteiger partial charge in [0.1, 0.15) is 12.4 Å². The van der Waals surface area contributed by atoms with Crippen LogP contribution < -0.4 is 10.1 Å². The van der Waals surface area contributed by atoms with Crippen LogP contribution in [0, 0.1) is 0 Å². The van der Waals surface area contributed by atoms with Crippen molar-refractivity contribution in [1.82, 2.24) is 10.2 Å². The highest BCUT2D eigenvalue weighted by molar-refractivity contribution is 14.0. The second-order valence-corrected chi connectivity index (χ2v) is 6.44. The van der Waals surface area contributed by atoms with E-state index in [1.54, 1.807) is 0 Å². The minimum Gasteiger partial charge on any atom is -0.489 e. The number of aliphatic hydroxyl groups is 1. The predicted molar refractivity (Wildman–Crippen MR) is 120 cm³/mol. The Morgan fingerprint density at radius 2 is 1.93 bits per heavy atom. The second kappa shape index (κ2) is 11.1. The summed E-state index contributed by atoms with van der Waals surface area (Å²) >= 11 is 0. The first kappa shape index (κ1) is 21.5. The molecule has 2 N–H and O–H groups in total. The minimum atomic E-state index is -0.264. The van der Waals surface area contributed by atoms with Crippen LogP contribution in [0.4, 0.5) is 0 Å². The van der Waals surface area contributed by atoms with Crippen molar-refractivity contribution in [3.8, 4) is 5.75 Å². The Balaban J connectivity index is 0.00000261. The molecule has 0 bridgehead atoms. The normalized spacial score (nSPS) is 16.7. The average molecular weight is 481 g/mol. The maximum atomic E-state index is 9.78. The van der Waals surface area contributed by atoms with Crippen LogP contribution in [0.25, 0.3) is 0 Å². The van der Waals surface area contributed by atoms with Crippen molar-refractivity contribution in [2.75, 3.05) is 19.6 Å². The fourth-order valence-electron chi connectivity index (χ4n) is 3.03. The van der Waals surface area contributed by atoms with E-state index in [0.717, 1.165) is 42.3 Å². The van der Waals surface area contributed by atoms with Crippen LogP contribution in [0.5, 0.6) is 5.75 Å². The van der Waals surface area contributed by atoms with E-state index in [1.165, 1.54) is 0 Å². The van der Waals surface area contributed by atoms with Crippen LogP contribution in [-0.4, -0.2) is 41.7 Å². The lowest BCUT2D eigenvalue weighted by atomic mass is 10.2. The third kappa shape index (κ3) is 6.39. The zero-order chi connectivity index (χ0) is 18.2. The highest BCUT2D eigenvalue weighted by Gasteiger charge is 2.22. The number of aliphatic hydroxyl groups excluding tert-OH is 1. The molecule has 6 heteroatoms. The number of hydrogen-bond donors (Lipinski definition) is 2. The molecule has 1 heterocycles. The Kier molecular flexibility index (Phi) is 8.87. The highest BCUT2D eigenvalue weighted by Crippen LogP contribution is 2.20. The topological polar surface area (TPSA) is 57.1 Å². The Bertz CT molecular complexity index is 724. The summed E-state index contributed by atoms with van der Waals surface area (Å²) in [4.78, 5) is 6.87. The molecule has 1 saturated heterocycles. The van der Waals surface area contributed by atoms with Crippen molar-refractivity contribution in [2.45, 2.75) is 32.6 Å². The van der Waals surface area contributed by atoms with Gasteiger partial charge in [0.05, 0.1) is 12.6 Å². The maximum Gasteiger partial charge on any atom is 0.194 e. The van der Waals surface area contributed by atoms with Gasteiger partial charge in [-0.1, -0.05) is 48.5 Å². The Morgan fingerprint density at radius 1 is 1.19 bits per heavy atom. The van der Waals surface area contributed by atoms with Gasteiger partial charge in [-0.25, -0.2) is 4.99 Å². The molecular weight excluding hydrogens is 453 g/mol. The number of benzene rings is 2. The van der Waals surface area contributed by atoms with Crippen LogP contribution in [0.15, 0.2) is 59.6 Å². The molecule has 0 aliphatic carbocycles. The molecule has 2 aromatic carbocycles. The van der Waals surface area contributed by atoms with Crippen molar-refractivity contribution in [1.29, 1.82) is 0 Å². The molecule has 1 atom stereocenters. The lowest BCUT2D eigenvalue weighted by Gasteiger charge is -2.21. The molecule has 3 rings (SSSR count). The van der Waals surface area contributed by atoms with Gasteiger partial charge < -0.3 is 20.1 Å². The number of likely N-dealkylation sites (tertiary alicyclic amines) is 1. The fourth-order valence-corrected chi connectivity index (χ4v) is 3.03. The van der Waals surface area contributed by atoms with Gasteiger partial charge in [0.2, 0.25) is 0 Å². The molecule has 1 aliphatic heterocycles. The first-order chi connectivity index (χ1) is 12.8. The number of halogens is 1. The minimum absolute atomic E-state index is 0. The molecule has 0 unspecified atom stereocenters. The SMILES string of the molecule is CCNC(=NCc1ccccc1OCc1ccccc1)N1CC[C@@H](O)C1.I. The summed E-state index contributed by atoms with van der Waals surface area (Å²) in [5.41, 5.74) is 2.20. The average Bonchev–Trinajstić information content (AvgIpc) is 3.11. The molecule has 1 aliphatic rings. The highest BCUT2D eigenvalue weighted by atomic mass is 127. The second-order valence-electron chi connectivity index (χ2n) is 6.44. The van der Waals surface area contributed by atoms with Crippen molar-refractivity contribution in [3.63, 3.8) is 0 Å². The van der Waals surface area contributed by atoms with Crippen LogP contribution in [0.1, 0.15) is 24.5 Å². The molecule has 2 aromatic rings. The number of aliphatic imine (C=N–C) groups is 1. The third-order valence-corrected chi connectivity index (χ3v) is 4.41. The summed E-state index contributed by atoms with van der Waals surface area (Å²) in [6.45, 7) is 5.41. The number of hydrogen-bond acceptors (Lipinski definition) is 3. The molecule has 0 saturated carbocycles. The number of para-hydroxylation sites is 1. The number of rotatable bonds is 6. The summed E-state index contributed by atoms with van der Waals surface area (Å²) in [6.07, 6.45) is 0.529. The van der Waals surface area contributed by atoms with Gasteiger partial charge in [-0.05, 0) is 25.0 Å². The summed E-state index contributed by atoms with van der Waals surface area (Å²) in [5.74, 6) is 1.71. The largest absolute Gasteiger partial charge is 0.489 e. The van der Waals surface area contributed by atoms with E-state index in [-0.39, 0.29) is 30.1 Å². The smallest absolute Gasteiger partial charge is 0.194 e. The zero-order valence-corrected chi connectivity index (χ0v) is 18.0. The Hall–Kier alpha value is -1.80. The van der Waals surface area contributed by atoms with Crippen molar-refractivity contribution in [3.05, 3.63) is 65.7 Å². The Morgan fingerprint density at radius 3 is 2.63 bits per heavy atom. The van der Waals surface area contributed by atoms with E-state index in [4.69, 9.17) is 9.73 Å². The van der Waals surface area contributed by atoms with Crippen LogP contribution in [0.3, 0.4) is 0 Å². The van der Waals surface area contributed by atoms with Crippen LogP contribution >= 0.6 is 24.0 Å². The van der Waals surface area contributed by atoms with Gasteiger partial charge in [0, 0.05) is 25.2 Å². The van der Waals surface area contributed by atoms with Crippen molar-refractivity contribution < 1.29 is 9.84 Å². The van der Waals surface area contributed by atoms with E-state index >= 15 is 0 Å². The molecule has 0 aromatic heterocycles. The van der Waals surface area contributed by atoms with Crippen LogP contribution in [-0.2, 0) is 13.2 Å². The summed E-state index contributed by atoms with van der Waals surface area (Å²) < 4.78 is 6.01. The molecule has 0 amide bonds. The number of nitrogens with zero attached hydrogens (tertiary/aromatic N) is 2. The summed E-state index contributed by atoms with van der Waals surface area (Å²) in [5, 5.41) is 13.1. The Labute approximate surface area is 178 Å². The monoisotopic (exact) mass is 481 g/mol. The number of ether oxygens (including phenoxy) is 1. The van der Waals surface area contributed by atoms with E-state index in [1.807, 2.05) is 42.5 Å². The van der Waals surface area contributed by atoms with E-state index in [0.29, 0.717) is 19.7 Å². The molecule has 146 valence electrons. The predicted octanol–water partition coefficient (Wildman–Crippen LogP) is 3.42. The first-order valence-electron chi connectivity index (χ1n) is 9.22. The van der Waals surface area contributed by atoms with Gasteiger partial charge in [0.15, 0.2) is 5.96 Å². The molecular formula is C21H28IN3O2.